The van der Waals surface area contributed by atoms with E-state index in [1.54, 1.807) is 0 Å². The molecule has 154 valence electrons. The van der Waals surface area contributed by atoms with E-state index in [0.29, 0.717) is 17.4 Å². The molecule has 2 unspecified atom stereocenters. The minimum absolute atomic E-state index is 0.122. The number of carbonyl (C=O) groups is 1. The molecular formula is C24H31N2O3+. The van der Waals surface area contributed by atoms with Crippen LogP contribution in [0.4, 0.5) is 0 Å². The van der Waals surface area contributed by atoms with Crippen molar-refractivity contribution in [2.45, 2.75) is 61.7 Å². The number of methoxy groups -OCH3 is 1. The molecule has 29 heavy (non-hydrogen) atoms. The number of likely N-dealkylation sites (tertiary alicyclic amines) is 1. The maximum atomic E-state index is 12.2. The summed E-state index contributed by atoms with van der Waals surface area (Å²) in [6, 6.07) is 4.40. The van der Waals surface area contributed by atoms with E-state index in [-0.39, 0.29) is 17.1 Å². The molecule has 1 aromatic carbocycles. The summed E-state index contributed by atoms with van der Waals surface area (Å²) < 4.78 is 14.3. The second kappa shape index (κ2) is 5.44. The molecule has 1 aromatic rings. The van der Waals surface area contributed by atoms with Crippen molar-refractivity contribution < 1.29 is 18.8 Å². The van der Waals surface area contributed by atoms with E-state index in [9.17, 15) is 4.79 Å². The monoisotopic (exact) mass is 395 g/mol. The van der Waals surface area contributed by atoms with Crippen LogP contribution in [-0.4, -0.2) is 55.4 Å². The molecule has 3 fully saturated rings. The van der Waals surface area contributed by atoms with Crippen LogP contribution in [0.15, 0.2) is 24.3 Å². The van der Waals surface area contributed by atoms with Crippen LogP contribution >= 0.6 is 0 Å². The molecule has 5 nitrogen and oxygen atoms in total. The van der Waals surface area contributed by atoms with E-state index in [0.717, 1.165) is 48.2 Å². The Hall–Kier alpha value is -1.85. The van der Waals surface area contributed by atoms with Gasteiger partial charge >= 0.3 is 0 Å². The third-order valence-corrected chi connectivity index (χ3v) is 9.04. The summed E-state index contributed by atoms with van der Waals surface area (Å²) in [6.07, 6.45) is 6.49. The minimum Gasteiger partial charge on any atom is -0.484 e. The number of hydrogen-bond donors (Lipinski definition) is 1. The molecule has 1 saturated heterocycles. The highest BCUT2D eigenvalue weighted by molar-refractivity contribution is 5.97. The van der Waals surface area contributed by atoms with Gasteiger partial charge in [-0.3, -0.25) is 4.79 Å². The summed E-state index contributed by atoms with van der Waals surface area (Å²) in [5, 5.41) is 0. The number of nitrogens with two attached hydrogens (primary N) is 1. The van der Waals surface area contributed by atoms with Crippen LogP contribution < -0.4 is 10.5 Å². The Morgan fingerprint density at radius 3 is 2.86 bits per heavy atom. The SMILES string of the molecule is C=C1CC[C@@]2(OC)[C@H]3Cc4ccc(C(N)=O)c5c4[C@@]2(CC[N+]3(C)CC2CC2)C1O5. The summed E-state index contributed by atoms with van der Waals surface area (Å²) in [5.74, 6) is 1.16. The fourth-order valence-electron chi connectivity index (χ4n) is 7.66. The highest BCUT2D eigenvalue weighted by atomic mass is 16.5. The molecule has 2 saturated carbocycles. The first kappa shape index (κ1) is 18.0. The van der Waals surface area contributed by atoms with E-state index in [1.165, 1.54) is 30.5 Å². The number of likely N-dealkylation sites (N-methyl/N-ethyl adjacent to an activating group) is 1. The van der Waals surface area contributed by atoms with E-state index < -0.39 is 5.91 Å². The number of nitrogens with zero attached hydrogens (tertiary/aromatic N) is 1. The highest BCUT2D eigenvalue weighted by Crippen LogP contribution is 2.67. The van der Waals surface area contributed by atoms with Gasteiger partial charge in [-0.25, -0.2) is 0 Å². The van der Waals surface area contributed by atoms with Crippen LogP contribution in [0.25, 0.3) is 0 Å². The van der Waals surface area contributed by atoms with Crippen molar-refractivity contribution in [3.8, 4) is 5.75 Å². The van der Waals surface area contributed by atoms with Gasteiger partial charge in [0.15, 0.2) is 0 Å². The van der Waals surface area contributed by atoms with Gasteiger partial charge in [0.05, 0.1) is 31.1 Å². The average Bonchev–Trinajstić information content (AvgIpc) is 3.43. The maximum Gasteiger partial charge on any atom is 0.252 e. The molecule has 2 bridgehead atoms. The molecule has 2 N–H and O–H groups in total. The third kappa shape index (κ3) is 1.96. The van der Waals surface area contributed by atoms with Crippen molar-refractivity contribution >= 4 is 5.91 Å². The summed E-state index contributed by atoms with van der Waals surface area (Å²) in [4.78, 5) is 12.2. The number of rotatable bonds is 4. The van der Waals surface area contributed by atoms with E-state index >= 15 is 0 Å². The van der Waals surface area contributed by atoms with Gasteiger partial charge in [0.2, 0.25) is 0 Å². The van der Waals surface area contributed by atoms with Crippen molar-refractivity contribution in [3.63, 3.8) is 0 Å². The van der Waals surface area contributed by atoms with Crippen LogP contribution in [0, 0.1) is 5.92 Å². The van der Waals surface area contributed by atoms with Crippen LogP contribution in [0.2, 0.25) is 0 Å². The van der Waals surface area contributed by atoms with Gasteiger partial charge in [-0.1, -0.05) is 12.6 Å². The molecule has 5 aliphatic rings. The van der Waals surface area contributed by atoms with Crippen LogP contribution in [0.5, 0.6) is 5.75 Å². The first-order chi connectivity index (χ1) is 13.9. The van der Waals surface area contributed by atoms with Gasteiger partial charge in [0.25, 0.3) is 5.91 Å². The highest BCUT2D eigenvalue weighted by Gasteiger charge is 2.76. The molecule has 2 aliphatic heterocycles. The lowest BCUT2D eigenvalue weighted by Crippen LogP contribution is -2.80. The standard InChI is InChI=1S/C24H30N2O3/c1-14-8-9-24(28-3)18-12-16-6-7-17(22(25)27)20-19(16)23(24,21(14)29-20)10-11-26(18,2)13-15-4-5-15/h6-7,15,18,21H,1,4-5,8-13H2,2-3H3,(H-,25,27)/p+1/t18-,21?,23+,24-,26?/m1/s1. The number of ether oxygens (including phenoxy) is 2. The smallest absolute Gasteiger partial charge is 0.252 e. The molecule has 1 spiro atoms. The lowest BCUT2D eigenvalue weighted by molar-refractivity contribution is -0.950. The Balaban J connectivity index is 1.62. The zero-order chi connectivity index (χ0) is 20.2. The zero-order valence-electron chi connectivity index (χ0n) is 17.5. The average molecular weight is 396 g/mol. The topological polar surface area (TPSA) is 61.5 Å². The molecule has 0 radical (unpaired) electrons. The molecule has 0 aromatic heterocycles. The molecule has 1 amide bonds. The van der Waals surface area contributed by atoms with Crippen molar-refractivity contribution in [3.05, 3.63) is 41.0 Å². The normalized spacial score (nSPS) is 41.7. The van der Waals surface area contributed by atoms with Crippen molar-refractivity contribution in [1.29, 1.82) is 0 Å². The van der Waals surface area contributed by atoms with Gasteiger partial charge in [-0.05, 0) is 42.9 Å². The summed E-state index contributed by atoms with van der Waals surface area (Å²) in [6.45, 7) is 6.78. The Bertz CT molecular complexity index is 954. The molecule has 5 atom stereocenters. The van der Waals surface area contributed by atoms with Gasteiger partial charge < -0.3 is 19.7 Å². The quantitative estimate of drug-likeness (QED) is 0.630. The zero-order valence-corrected chi connectivity index (χ0v) is 17.5. The van der Waals surface area contributed by atoms with Gasteiger partial charge in [0, 0.05) is 31.4 Å². The number of hydrogen-bond acceptors (Lipinski definition) is 3. The number of piperidine rings is 1. The lowest BCUT2D eigenvalue weighted by atomic mass is 9.47. The first-order valence-electron chi connectivity index (χ1n) is 11.1. The molecule has 6 rings (SSSR count). The summed E-state index contributed by atoms with van der Waals surface area (Å²) in [7, 11) is 4.35. The second-order valence-electron chi connectivity index (χ2n) is 10.4. The largest absolute Gasteiger partial charge is 0.484 e. The minimum atomic E-state index is -0.418. The van der Waals surface area contributed by atoms with Crippen LogP contribution in [-0.2, 0) is 16.6 Å². The van der Waals surface area contributed by atoms with Gasteiger partial charge in [0.1, 0.15) is 23.5 Å². The van der Waals surface area contributed by atoms with E-state index in [2.05, 4.69) is 19.7 Å². The Morgan fingerprint density at radius 1 is 1.38 bits per heavy atom. The molecule has 5 heteroatoms. The Kier molecular flexibility index (Phi) is 3.37. The molecule has 2 heterocycles. The molecular weight excluding hydrogens is 364 g/mol. The number of quaternary nitrogens is 1. The van der Waals surface area contributed by atoms with E-state index in [4.69, 9.17) is 15.2 Å². The third-order valence-electron chi connectivity index (χ3n) is 9.04. The lowest BCUT2D eigenvalue weighted by Gasteiger charge is -2.66. The fourth-order valence-corrected chi connectivity index (χ4v) is 7.66. The van der Waals surface area contributed by atoms with Crippen LogP contribution in [0.3, 0.4) is 0 Å². The number of carbonyl (C=O) groups excluding carboxylic acids is 1. The maximum absolute atomic E-state index is 12.2. The molecule has 3 aliphatic carbocycles. The Labute approximate surface area is 172 Å². The Morgan fingerprint density at radius 2 is 2.17 bits per heavy atom. The van der Waals surface area contributed by atoms with E-state index in [1.807, 2.05) is 13.2 Å². The first-order valence-corrected chi connectivity index (χ1v) is 11.1. The second-order valence-corrected chi connectivity index (χ2v) is 10.4. The predicted octanol–water partition coefficient (Wildman–Crippen LogP) is 2.70. The predicted molar refractivity (Wildman–Crippen MR) is 110 cm³/mol. The van der Waals surface area contributed by atoms with Gasteiger partial charge in [-0.2, -0.15) is 0 Å². The van der Waals surface area contributed by atoms with Gasteiger partial charge in [-0.15, -0.1) is 0 Å². The summed E-state index contributed by atoms with van der Waals surface area (Å²) >= 11 is 0. The number of primary amides is 1. The summed E-state index contributed by atoms with van der Waals surface area (Å²) in [5.41, 5.74) is 9.36. The van der Waals surface area contributed by atoms with Crippen molar-refractivity contribution in [2.75, 3.05) is 27.2 Å². The fraction of sp³-hybridized carbons (Fsp3) is 0.625. The van der Waals surface area contributed by atoms with Crippen molar-refractivity contribution in [2.24, 2.45) is 11.7 Å². The number of benzene rings is 1. The van der Waals surface area contributed by atoms with Crippen molar-refractivity contribution in [1.82, 2.24) is 0 Å². The van der Waals surface area contributed by atoms with Crippen LogP contribution in [0.1, 0.15) is 53.6 Å². The number of amides is 1.